The van der Waals surface area contributed by atoms with E-state index in [2.05, 4.69) is 5.92 Å². The number of rotatable bonds is 4. The van der Waals surface area contributed by atoms with Crippen molar-refractivity contribution < 1.29 is 9.47 Å². The third-order valence-electron chi connectivity index (χ3n) is 3.02. The summed E-state index contributed by atoms with van der Waals surface area (Å²) in [4.78, 5) is 0. The summed E-state index contributed by atoms with van der Waals surface area (Å²) in [6.45, 7) is 2.59. The monoisotopic (exact) mass is 216 g/mol. The molecule has 0 spiro atoms. The highest BCUT2D eigenvalue weighted by molar-refractivity contribution is 5.55. The van der Waals surface area contributed by atoms with Gasteiger partial charge in [0.05, 0.1) is 19.1 Å². The van der Waals surface area contributed by atoms with Crippen LogP contribution in [0.25, 0.3) is 0 Å². The van der Waals surface area contributed by atoms with E-state index in [1.54, 1.807) is 7.11 Å². The Hall–Kier alpha value is -1.62. The van der Waals surface area contributed by atoms with Gasteiger partial charge in [-0.25, -0.2) is 0 Å². The van der Waals surface area contributed by atoms with Crippen molar-refractivity contribution in [2.24, 2.45) is 0 Å². The molecular formula is C14H16O2. The molecular weight excluding hydrogens is 200 g/mol. The highest BCUT2D eigenvalue weighted by Crippen LogP contribution is 2.52. The molecule has 0 atom stereocenters. The summed E-state index contributed by atoms with van der Waals surface area (Å²) in [6.07, 6.45) is 7.68. The van der Waals surface area contributed by atoms with Crippen LogP contribution in [-0.4, -0.2) is 13.7 Å². The van der Waals surface area contributed by atoms with Crippen molar-refractivity contribution in [3.8, 4) is 23.8 Å². The first-order valence-electron chi connectivity index (χ1n) is 5.55. The Labute approximate surface area is 96.6 Å². The SMILES string of the molecule is C#CC1(c2cccc(OCC)c2OC)CC1. The van der Waals surface area contributed by atoms with E-state index >= 15 is 0 Å². The lowest BCUT2D eigenvalue weighted by Crippen LogP contribution is -2.07. The van der Waals surface area contributed by atoms with Crippen LogP contribution in [0.4, 0.5) is 0 Å². The number of hydrogen-bond donors (Lipinski definition) is 0. The molecule has 0 radical (unpaired) electrons. The lowest BCUT2D eigenvalue weighted by molar-refractivity contribution is 0.308. The van der Waals surface area contributed by atoms with Gasteiger partial charge in [-0.15, -0.1) is 6.42 Å². The molecule has 1 aliphatic carbocycles. The Balaban J connectivity index is 2.46. The summed E-state index contributed by atoms with van der Waals surface area (Å²) in [5.41, 5.74) is 0.974. The molecule has 16 heavy (non-hydrogen) atoms. The van der Waals surface area contributed by atoms with E-state index in [0.29, 0.717) is 6.61 Å². The zero-order chi connectivity index (χ0) is 11.6. The van der Waals surface area contributed by atoms with Gasteiger partial charge in [-0.1, -0.05) is 18.1 Å². The third-order valence-corrected chi connectivity index (χ3v) is 3.02. The second-order valence-electron chi connectivity index (χ2n) is 4.00. The van der Waals surface area contributed by atoms with Crippen LogP contribution < -0.4 is 9.47 Å². The molecule has 1 aromatic carbocycles. The van der Waals surface area contributed by atoms with E-state index in [0.717, 1.165) is 29.9 Å². The minimum absolute atomic E-state index is 0.113. The predicted octanol–water partition coefficient (Wildman–Crippen LogP) is 2.76. The Morgan fingerprint density at radius 2 is 2.19 bits per heavy atom. The minimum Gasteiger partial charge on any atom is -0.493 e. The van der Waals surface area contributed by atoms with Gasteiger partial charge in [0.2, 0.25) is 0 Å². The van der Waals surface area contributed by atoms with Gasteiger partial charge < -0.3 is 9.47 Å². The molecule has 2 heteroatoms. The molecule has 0 aromatic heterocycles. The number of ether oxygens (including phenoxy) is 2. The van der Waals surface area contributed by atoms with Crippen LogP contribution in [0.5, 0.6) is 11.5 Å². The normalized spacial score (nSPS) is 16.3. The molecule has 0 amide bonds. The topological polar surface area (TPSA) is 18.5 Å². The van der Waals surface area contributed by atoms with Crippen molar-refractivity contribution in [2.45, 2.75) is 25.2 Å². The summed E-state index contributed by atoms with van der Waals surface area (Å²) in [7, 11) is 1.66. The average Bonchev–Trinajstić information content (AvgIpc) is 3.10. The molecule has 0 heterocycles. The van der Waals surface area contributed by atoms with Gasteiger partial charge in [0, 0.05) is 5.56 Å². The standard InChI is InChI=1S/C14H16O2/c1-4-14(9-10-14)11-7-6-8-12(16-5-2)13(11)15-3/h1,6-8H,5,9-10H2,2-3H3. The second kappa shape index (κ2) is 4.09. The molecule has 2 rings (SSSR count). The molecule has 1 fully saturated rings. The fourth-order valence-electron chi connectivity index (χ4n) is 1.99. The Morgan fingerprint density at radius 1 is 1.44 bits per heavy atom. The summed E-state index contributed by atoms with van der Waals surface area (Å²) in [5.74, 6) is 4.45. The molecule has 0 N–H and O–H groups in total. The average molecular weight is 216 g/mol. The maximum Gasteiger partial charge on any atom is 0.165 e. The smallest absolute Gasteiger partial charge is 0.165 e. The summed E-state index contributed by atoms with van der Waals surface area (Å²) in [6, 6.07) is 5.92. The van der Waals surface area contributed by atoms with Crippen LogP contribution >= 0.6 is 0 Å². The number of terminal acetylenes is 1. The van der Waals surface area contributed by atoms with E-state index in [-0.39, 0.29) is 5.41 Å². The highest BCUT2D eigenvalue weighted by Gasteiger charge is 2.45. The van der Waals surface area contributed by atoms with Gasteiger partial charge in [-0.2, -0.15) is 0 Å². The van der Waals surface area contributed by atoms with Crippen LogP contribution in [0.1, 0.15) is 25.3 Å². The summed E-state index contributed by atoms with van der Waals surface area (Å²) in [5, 5.41) is 0. The quantitative estimate of drug-likeness (QED) is 0.720. The molecule has 0 bridgehead atoms. The number of methoxy groups -OCH3 is 1. The maximum absolute atomic E-state index is 5.60. The van der Waals surface area contributed by atoms with Crippen molar-refractivity contribution in [3.05, 3.63) is 23.8 Å². The van der Waals surface area contributed by atoms with E-state index in [9.17, 15) is 0 Å². The van der Waals surface area contributed by atoms with Gasteiger partial charge in [0.1, 0.15) is 0 Å². The van der Waals surface area contributed by atoms with Crippen LogP contribution in [0.15, 0.2) is 18.2 Å². The van der Waals surface area contributed by atoms with Crippen molar-refractivity contribution in [1.29, 1.82) is 0 Å². The van der Waals surface area contributed by atoms with Crippen molar-refractivity contribution in [2.75, 3.05) is 13.7 Å². The molecule has 84 valence electrons. The minimum atomic E-state index is -0.113. The fraction of sp³-hybridized carbons (Fsp3) is 0.429. The van der Waals surface area contributed by atoms with E-state index in [4.69, 9.17) is 15.9 Å². The van der Waals surface area contributed by atoms with Crippen LogP contribution in [0.3, 0.4) is 0 Å². The third kappa shape index (κ3) is 1.63. The van der Waals surface area contributed by atoms with Crippen LogP contribution in [0.2, 0.25) is 0 Å². The molecule has 2 nitrogen and oxygen atoms in total. The lowest BCUT2D eigenvalue weighted by Gasteiger charge is -2.16. The molecule has 1 aliphatic rings. The van der Waals surface area contributed by atoms with Crippen molar-refractivity contribution in [3.63, 3.8) is 0 Å². The first kappa shape index (κ1) is 10.9. The number of para-hydroxylation sites is 1. The summed E-state index contributed by atoms with van der Waals surface area (Å²) >= 11 is 0. The first-order valence-corrected chi connectivity index (χ1v) is 5.55. The van der Waals surface area contributed by atoms with Gasteiger partial charge >= 0.3 is 0 Å². The molecule has 0 unspecified atom stereocenters. The predicted molar refractivity (Wildman–Crippen MR) is 63.9 cm³/mol. The zero-order valence-corrected chi connectivity index (χ0v) is 9.75. The molecule has 0 aliphatic heterocycles. The van der Waals surface area contributed by atoms with Crippen LogP contribution in [-0.2, 0) is 5.41 Å². The molecule has 1 aromatic rings. The number of hydrogen-bond acceptors (Lipinski definition) is 2. The van der Waals surface area contributed by atoms with Crippen molar-refractivity contribution in [1.82, 2.24) is 0 Å². The Kier molecular flexibility index (Phi) is 2.78. The zero-order valence-electron chi connectivity index (χ0n) is 9.75. The highest BCUT2D eigenvalue weighted by atomic mass is 16.5. The van der Waals surface area contributed by atoms with Gasteiger partial charge in [0.25, 0.3) is 0 Å². The molecule has 0 saturated heterocycles. The molecule has 1 saturated carbocycles. The van der Waals surface area contributed by atoms with Gasteiger partial charge in [-0.05, 0) is 25.8 Å². The van der Waals surface area contributed by atoms with Gasteiger partial charge in [-0.3, -0.25) is 0 Å². The van der Waals surface area contributed by atoms with Gasteiger partial charge in [0.15, 0.2) is 11.5 Å². The van der Waals surface area contributed by atoms with Crippen LogP contribution in [0, 0.1) is 12.3 Å². The Morgan fingerprint density at radius 3 is 2.69 bits per heavy atom. The summed E-state index contributed by atoms with van der Waals surface area (Å²) < 4.78 is 11.0. The van der Waals surface area contributed by atoms with E-state index in [1.165, 1.54) is 0 Å². The maximum atomic E-state index is 5.60. The Bertz CT molecular complexity index is 425. The fourth-order valence-corrected chi connectivity index (χ4v) is 1.99. The largest absolute Gasteiger partial charge is 0.493 e. The van der Waals surface area contributed by atoms with Crippen molar-refractivity contribution >= 4 is 0 Å². The van der Waals surface area contributed by atoms with E-state index in [1.807, 2.05) is 25.1 Å². The first-order chi connectivity index (χ1) is 7.77. The lowest BCUT2D eigenvalue weighted by atomic mass is 9.95. The van der Waals surface area contributed by atoms with E-state index < -0.39 is 0 Å². The second-order valence-corrected chi connectivity index (χ2v) is 4.00. The number of benzene rings is 1.